The number of aromatic nitrogens is 2. The van der Waals surface area contributed by atoms with Crippen LogP contribution in [-0.4, -0.2) is 57.8 Å². The molecule has 2 fully saturated rings. The summed E-state index contributed by atoms with van der Waals surface area (Å²) in [4.78, 5) is 36.9. The van der Waals surface area contributed by atoms with E-state index in [9.17, 15) is 9.59 Å². The Morgan fingerprint density at radius 3 is 2.73 bits per heavy atom. The van der Waals surface area contributed by atoms with Gasteiger partial charge in [0.2, 0.25) is 11.8 Å². The van der Waals surface area contributed by atoms with Crippen LogP contribution in [0.4, 0.5) is 0 Å². The van der Waals surface area contributed by atoms with Gasteiger partial charge in [-0.05, 0) is 32.7 Å². The number of likely N-dealkylation sites (tertiary alicyclic amines) is 1. The number of nitrogens with one attached hydrogen (secondary N) is 1. The normalized spacial score (nSPS) is 20.7. The molecule has 1 aliphatic heterocycles. The molecule has 1 aromatic heterocycles. The van der Waals surface area contributed by atoms with Gasteiger partial charge >= 0.3 is 0 Å². The Balaban J connectivity index is 1.53. The molecule has 1 N–H and O–H groups in total. The van der Waals surface area contributed by atoms with Crippen LogP contribution in [0.5, 0.6) is 0 Å². The van der Waals surface area contributed by atoms with Gasteiger partial charge in [-0.25, -0.2) is 0 Å². The third kappa shape index (κ3) is 4.58. The highest BCUT2D eigenvalue weighted by molar-refractivity contribution is 5.78. The maximum Gasteiger partial charge on any atom is 0.234 e. The van der Waals surface area contributed by atoms with Crippen molar-refractivity contribution in [2.75, 3.05) is 20.1 Å². The third-order valence-corrected chi connectivity index (χ3v) is 5.51. The molecular formula is C19H29N5O2. The fraction of sp³-hybridized carbons (Fsp3) is 0.684. The van der Waals surface area contributed by atoms with Crippen LogP contribution >= 0.6 is 0 Å². The fourth-order valence-corrected chi connectivity index (χ4v) is 4.07. The van der Waals surface area contributed by atoms with E-state index in [1.807, 2.05) is 11.9 Å². The van der Waals surface area contributed by atoms with Gasteiger partial charge in [-0.2, -0.15) is 0 Å². The number of hydrogen-bond donors (Lipinski definition) is 1. The lowest BCUT2D eigenvalue weighted by molar-refractivity contribution is -0.129. The van der Waals surface area contributed by atoms with Crippen LogP contribution in [-0.2, 0) is 16.1 Å². The van der Waals surface area contributed by atoms with E-state index < -0.39 is 0 Å². The van der Waals surface area contributed by atoms with E-state index in [-0.39, 0.29) is 17.9 Å². The molecule has 1 saturated heterocycles. The van der Waals surface area contributed by atoms with Crippen LogP contribution < -0.4 is 5.32 Å². The van der Waals surface area contributed by atoms with Crippen LogP contribution in [0.2, 0.25) is 0 Å². The van der Waals surface area contributed by atoms with E-state index in [1.54, 1.807) is 19.3 Å². The molecule has 1 atom stereocenters. The number of amides is 2. The van der Waals surface area contributed by atoms with Crippen molar-refractivity contribution < 1.29 is 9.59 Å². The minimum absolute atomic E-state index is 0.00384. The van der Waals surface area contributed by atoms with Crippen molar-refractivity contribution in [1.82, 2.24) is 25.1 Å². The van der Waals surface area contributed by atoms with Gasteiger partial charge in [0, 0.05) is 19.5 Å². The van der Waals surface area contributed by atoms with Crippen molar-refractivity contribution in [2.45, 2.75) is 64.1 Å². The summed E-state index contributed by atoms with van der Waals surface area (Å²) in [7, 11) is 2.02. The fourth-order valence-electron chi connectivity index (χ4n) is 4.07. The molecule has 7 heteroatoms. The molecule has 2 heterocycles. The van der Waals surface area contributed by atoms with Crippen molar-refractivity contribution in [2.24, 2.45) is 0 Å². The number of hydrogen-bond acceptors (Lipinski definition) is 5. The van der Waals surface area contributed by atoms with Gasteiger partial charge in [-0.15, -0.1) is 0 Å². The van der Waals surface area contributed by atoms with E-state index in [1.165, 1.54) is 25.7 Å². The summed E-state index contributed by atoms with van der Waals surface area (Å²) in [6.45, 7) is 3.15. The van der Waals surface area contributed by atoms with Gasteiger partial charge in [0.15, 0.2) is 0 Å². The van der Waals surface area contributed by atoms with Gasteiger partial charge in [0.1, 0.15) is 0 Å². The Kier molecular flexibility index (Phi) is 6.19. The molecule has 2 amide bonds. The first kappa shape index (κ1) is 18.8. The topological polar surface area (TPSA) is 78.4 Å². The molecular weight excluding hydrogens is 330 g/mol. The average molecular weight is 359 g/mol. The minimum Gasteiger partial charge on any atom is -0.349 e. The quantitative estimate of drug-likeness (QED) is 0.836. The Morgan fingerprint density at radius 1 is 1.23 bits per heavy atom. The average Bonchev–Trinajstić information content (AvgIpc) is 3.31. The summed E-state index contributed by atoms with van der Waals surface area (Å²) in [6, 6.07) is 0.535. The van der Waals surface area contributed by atoms with Crippen LogP contribution in [0.3, 0.4) is 0 Å². The van der Waals surface area contributed by atoms with Crippen LogP contribution in [0.25, 0.3) is 0 Å². The van der Waals surface area contributed by atoms with E-state index in [0.29, 0.717) is 19.1 Å². The number of carbonyl (C=O) groups is 2. The van der Waals surface area contributed by atoms with Gasteiger partial charge in [-0.1, -0.05) is 12.8 Å². The number of rotatable bonds is 6. The highest BCUT2D eigenvalue weighted by Crippen LogP contribution is 2.30. The SMILES string of the molecule is CC(=O)N1CCCC1c1cncc(CNC(=O)CN(C)C2CCCC2)n1. The molecule has 1 aromatic rings. The van der Waals surface area contributed by atoms with Gasteiger partial charge in [0.25, 0.3) is 0 Å². The molecule has 142 valence electrons. The zero-order valence-electron chi connectivity index (χ0n) is 15.8. The summed E-state index contributed by atoms with van der Waals surface area (Å²) < 4.78 is 0. The van der Waals surface area contributed by atoms with E-state index in [2.05, 4.69) is 20.2 Å². The molecule has 0 aromatic carbocycles. The molecule has 26 heavy (non-hydrogen) atoms. The first-order valence-electron chi connectivity index (χ1n) is 9.59. The largest absolute Gasteiger partial charge is 0.349 e. The number of nitrogens with zero attached hydrogens (tertiary/aromatic N) is 4. The smallest absolute Gasteiger partial charge is 0.234 e. The first-order valence-corrected chi connectivity index (χ1v) is 9.59. The van der Waals surface area contributed by atoms with Crippen LogP contribution in [0.15, 0.2) is 12.4 Å². The second-order valence-electron chi connectivity index (χ2n) is 7.44. The lowest BCUT2D eigenvalue weighted by Crippen LogP contribution is -2.39. The predicted molar refractivity (Wildman–Crippen MR) is 98.1 cm³/mol. The number of likely N-dealkylation sites (N-methyl/N-ethyl adjacent to an activating group) is 1. The Morgan fingerprint density at radius 2 is 2.00 bits per heavy atom. The van der Waals surface area contributed by atoms with E-state index in [0.717, 1.165) is 30.8 Å². The Hall–Kier alpha value is -2.02. The van der Waals surface area contributed by atoms with Gasteiger partial charge < -0.3 is 10.2 Å². The second-order valence-corrected chi connectivity index (χ2v) is 7.44. The van der Waals surface area contributed by atoms with E-state index >= 15 is 0 Å². The van der Waals surface area contributed by atoms with E-state index in [4.69, 9.17) is 0 Å². The lowest BCUT2D eigenvalue weighted by atomic mass is 10.1. The molecule has 0 radical (unpaired) electrons. The molecule has 2 aliphatic rings. The summed E-state index contributed by atoms with van der Waals surface area (Å²) in [5.41, 5.74) is 1.54. The first-order chi connectivity index (χ1) is 12.5. The summed E-state index contributed by atoms with van der Waals surface area (Å²) in [6.07, 6.45) is 10.2. The van der Waals surface area contributed by atoms with Crippen molar-refractivity contribution in [3.05, 3.63) is 23.8 Å². The maximum absolute atomic E-state index is 12.2. The summed E-state index contributed by atoms with van der Waals surface area (Å²) in [5, 5.41) is 2.94. The Labute approximate surface area is 155 Å². The van der Waals surface area contributed by atoms with Crippen molar-refractivity contribution in [3.8, 4) is 0 Å². The monoisotopic (exact) mass is 359 g/mol. The third-order valence-electron chi connectivity index (χ3n) is 5.51. The molecule has 0 bridgehead atoms. The van der Waals surface area contributed by atoms with Gasteiger partial charge in [-0.3, -0.25) is 24.5 Å². The molecule has 7 nitrogen and oxygen atoms in total. The second kappa shape index (κ2) is 8.58. The summed E-state index contributed by atoms with van der Waals surface area (Å²) in [5.74, 6) is 0.0841. The summed E-state index contributed by atoms with van der Waals surface area (Å²) >= 11 is 0. The Bertz CT molecular complexity index is 645. The zero-order chi connectivity index (χ0) is 18.5. The van der Waals surface area contributed by atoms with Gasteiger partial charge in [0.05, 0.1) is 42.9 Å². The molecule has 1 saturated carbocycles. The highest BCUT2D eigenvalue weighted by atomic mass is 16.2. The zero-order valence-corrected chi connectivity index (χ0v) is 15.8. The van der Waals surface area contributed by atoms with Crippen LogP contribution in [0, 0.1) is 0 Å². The molecule has 1 aliphatic carbocycles. The molecule has 3 rings (SSSR count). The number of carbonyl (C=O) groups excluding carboxylic acids is 2. The minimum atomic E-state index is 0.00384. The molecule has 1 unspecified atom stereocenters. The molecule has 0 spiro atoms. The van der Waals surface area contributed by atoms with Crippen LogP contribution in [0.1, 0.15) is 62.9 Å². The van der Waals surface area contributed by atoms with Crippen molar-refractivity contribution in [1.29, 1.82) is 0 Å². The standard InChI is InChI=1S/C19H29N5O2/c1-14(25)24-9-5-8-18(24)17-12-20-10-15(22-17)11-21-19(26)13-23(2)16-6-3-4-7-16/h10,12,16,18H,3-9,11,13H2,1-2H3,(H,21,26). The van der Waals surface area contributed by atoms with Crippen molar-refractivity contribution >= 4 is 11.8 Å². The van der Waals surface area contributed by atoms with Crippen molar-refractivity contribution in [3.63, 3.8) is 0 Å². The highest BCUT2D eigenvalue weighted by Gasteiger charge is 2.29. The predicted octanol–water partition coefficient (Wildman–Crippen LogP) is 1.65. The maximum atomic E-state index is 12.2. The lowest BCUT2D eigenvalue weighted by Gasteiger charge is -2.23.